The predicted octanol–water partition coefficient (Wildman–Crippen LogP) is 1.97. The number of hydrogen-bond donors (Lipinski definition) is 1. The third-order valence-corrected chi connectivity index (χ3v) is 3.65. The number of nitrogens with zero attached hydrogens (tertiary/aromatic N) is 1. The third kappa shape index (κ3) is 2.65. The third-order valence-electron chi connectivity index (χ3n) is 3.65. The molecule has 1 aliphatic rings. The Morgan fingerprint density at radius 2 is 1.77 bits per heavy atom. The van der Waals surface area contributed by atoms with Crippen LogP contribution >= 0.6 is 0 Å². The maximum absolute atomic E-state index is 12.5. The molecule has 1 heterocycles. The van der Waals surface area contributed by atoms with E-state index in [1.54, 1.807) is 29.2 Å². The molecule has 2 N–H and O–H groups in total. The van der Waals surface area contributed by atoms with Crippen molar-refractivity contribution in [1.29, 1.82) is 0 Å². The minimum atomic E-state index is -0.597. The Kier molecular flexibility index (Phi) is 3.78. The first kappa shape index (κ1) is 14.1. The lowest BCUT2D eigenvalue weighted by Crippen LogP contribution is -2.32. The van der Waals surface area contributed by atoms with Crippen LogP contribution in [0.1, 0.15) is 16.8 Å². The lowest BCUT2D eigenvalue weighted by molar-refractivity contribution is -0.122. The van der Waals surface area contributed by atoms with Crippen molar-refractivity contribution in [2.45, 2.75) is 12.5 Å². The summed E-state index contributed by atoms with van der Waals surface area (Å²) < 4.78 is 5.74. The van der Waals surface area contributed by atoms with Crippen LogP contribution in [0.25, 0.3) is 0 Å². The summed E-state index contributed by atoms with van der Waals surface area (Å²) in [4.78, 5) is 25.6. The predicted molar refractivity (Wildman–Crippen MR) is 82.8 cm³/mol. The number of amides is 2. The lowest BCUT2D eigenvalue weighted by Gasteiger charge is -2.17. The second-order valence-corrected chi connectivity index (χ2v) is 5.08. The van der Waals surface area contributed by atoms with E-state index in [-0.39, 0.29) is 11.5 Å². The normalized spacial score (nSPS) is 17.5. The van der Waals surface area contributed by atoms with Gasteiger partial charge in [0.2, 0.25) is 0 Å². The Labute approximate surface area is 128 Å². The van der Waals surface area contributed by atoms with Crippen molar-refractivity contribution in [2.75, 3.05) is 11.4 Å². The van der Waals surface area contributed by atoms with E-state index in [4.69, 9.17) is 10.5 Å². The highest BCUT2D eigenvalue weighted by atomic mass is 16.5. The van der Waals surface area contributed by atoms with Gasteiger partial charge in [-0.3, -0.25) is 9.59 Å². The SMILES string of the molecule is NC(=O)c1ccccc1OC1CCN(c2ccccc2)C1=O. The number of hydrogen-bond acceptors (Lipinski definition) is 3. The summed E-state index contributed by atoms with van der Waals surface area (Å²) in [5.74, 6) is -0.324. The van der Waals surface area contributed by atoms with Crippen LogP contribution < -0.4 is 15.4 Å². The first-order valence-electron chi connectivity index (χ1n) is 7.09. The van der Waals surface area contributed by atoms with Crippen LogP contribution in [-0.4, -0.2) is 24.5 Å². The highest BCUT2D eigenvalue weighted by Gasteiger charge is 2.34. The summed E-state index contributed by atoms with van der Waals surface area (Å²) in [6.07, 6.45) is -0.0263. The van der Waals surface area contributed by atoms with Crippen molar-refractivity contribution in [2.24, 2.45) is 5.73 Å². The number of ether oxygens (including phenoxy) is 1. The molecule has 2 aromatic carbocycles. The second kappa shape index (κ2) is 5.89. The molecule has 2 aromatic rings. The molecule has 1 atom stereocenters. The molecule has 0 aliphatic carbocycles. The van der Waals surface area contributed by atoms with Gasteiger partial charge in [0.05, 0.1) is 5.56 Å². The van der Waals surface area contributed by atoms with Gasteiger partial charge in [-0.2, -0.15) is 0 Å². The molecule has 2 amide bonds. The van der Waals surface area contributed by atoms with E-state index in [1.807, 2.05) is 30.3 Å². The largest absolute Gasteiger partial charge is 0.480 e. The quantitative estimate of drug-likeness (QED) is 0.937. The zero-order chi connectivity index (χ0) is 15.5. The first-order chi connectivity index (χ1) is 10.7. The Balaban J connectivity index is 1.78. The van der Waals surface area contributed by atoms with E-state index in [1.165, 1.54) is 0 Å². The van der Waals surface area contributed by atoms with E-state index in [2.05, 4.69) is 0 Å². The van der Waals surface area contributed by atoms with Crippen molar-refractivity contribution in [1.82, 2.24) is 0 Å². The van der Waals surface area contributed by atoms with E-state index < -0.39 is 12.0 Å². The van der Waals surface area contributed by atoms with Crippen molar-refractivity contribution >= 4 is 17.5 Å². The summed E-state index contributed by atoms with van der Waals surface area (Å²) in [6.45, 7) is 0.590. The number of primary amides is 1. The summed E-state index contributed by atoms with van der Waals surface area (Å²) in [7, 11) is 0. The van der Waals surface area contributed by atoms with Crippen LogP contribution in [-0.2, 0) is 4.79 Å². The zero-order valence-electron chi connectivity index (χ0n) is 11.9. The molecule has 5 heteroatoms. The molecule has 0 radical (unpaired) electrons. The summed E-state index contributed by atoms with van der Waals surface area (Å²) in [5, 5.41) is 0. The van der Waals surface area contributed by atoms with Gasteiger partial charge in [0, 0.05) is 18.7 Å². The smallest absolute Gasteiger partial charge is 0.268 e. The van der Waals surface area contributed by atoms with Crippen LogP contribution in [0, 0.1) is 0 Å². The highest BCUT2D eigenvalue weighted by Crippen LogP contribution is 2.26. The minimum Gasteiger partial charge on any atom is -0.480 e. The van der Waals surface area contributed by atoms with Gasteiger partial charge in [0.15, 0.2) is 6.10 Å². The molecule has 1 saturated heterocycles. The van der Waals surface area contributed by atoms with Crippen molar-refractivity contribution < 1.29 is 14.3 Å². The monoisotopic (exact) mass is 296 g/mol. The fraction of sp³-hybridized carbons (Fsp3) is 0.176. The lowest BCUT2D eigenvalue weighted by atomic mass is 10.2. The summed E-state index contributed by atoms with van der Waals surface area (Å²) >= 11 is 0. The van der Waals surface area contributed by atoms with Crippen LogP contribution in [0.2, 0.25) is 0 Å². The van der Waals surface area contributed by atoms with Gasteiger partial charge in [0.25, 0.3) is 11.8 Å². The molecule has 1 unspecified atom stereocenters. The van der Waals surface area contributed by atoms with Crippen LogP contribution in [0.3, 0.4) is 0 Å². The van der Waals surface area contributed by atoms with Gasteiger partial charge < -0.3 is 15.4 Å². The first-order valence-corrected chi connectivity index (χ1v) is 7.09. The van der Waals surface area contributed by atoms with Crippen LogP contribution in [0.4, 0.5) is 5.69 Å². The van der Waals surface area contributed by atoms with Crippen molar-refractivity contribution in [3.63, 3.8) is 0 Å². The van der Waals surface area contributed by atoms with Crippen molar-refractivity contribution in [3.8, 4) is 5.75 Å². The topological polar surface area (TPSA) is 72.6 Å². The van der Waals surface area contributed by atoms with Gasteiger partial charge in [0.1, 0.15) is 5.75 Å². The van der Waals surface area contributed by atoms with E-state index in [0.29, 0.717) is 18.7 Å². The Hall–Kier alpha value is -2.82. The number of anilines is 1. The molecule has 22 heavy (non-hydrogen) atoms. The molecule has 0 saturated carbocycles. The second-order valence-electron chi connectivity index (χ2n) is 5.08. The Bertz CT molecular complexity index is 700. The van der Waals surface area contributed by atoms with E-state index in [0.717, 1.165) is 5.69 Å². The molecule has 1 aliphatic heterocycles. The number of carbonyl (C=O) groups excluding carboxylic acids is 2. The maximum Gasteiger partial charge on any atom is 0.268 e. The fourth-order valence-corrected chi connectivity index (χ4v) is 2.55. The maximum atomic E-state index is 12.5. The molecular weight excluding hydrogens is 280 g/mol. The Morgan fingerprint density at radius 1 is 1.09 bits per heavy atom. The average molecular weight is 296 g/mol. The molecule has 3 rings (SSSR count). The van der Waals surface area contributed by atoms with Gasteiger partial charge >= 0.3 is 0 Å². The molecule has 0 bridgehead atoms. The molecule has 0 aromatic heterocycles. The average Bonchev–Trinajstić information content (AvgIpc) is 2.89. The summed E-state index contributed by atoms with van der Waals surface area (Å²) in [6, 6.07) is 16.1. The molecule has 112 valence electrons. The minimum absolute atomic E-state index is 0.106. The molecule has 5 nitrogen and oxygen atoms in total. The zero-order valence-corrected chi connectivity index (χ0v) is 11.9. The van der Waals surface area contributed by atoms with Gasteiger partial charge in [-0.05, 0) is 24.3 Å². The summed E-state index contributed by atoms with van der Waals surface area (Å²) in [5.41, 5.74) is 6.46. The number of benzene rings is 2. The van der Waals surface area contributed by atoms with Crippen LogP contribution in [0.5, 0.6) is 5.75 Å². The standard InChI is InChI=1S/C17H16N2O3/c18-16(20)13-8-4-5-9-14(13)22-15-10-11-19(17(15)21)12-6-2-1-3-7-12/h1-9,15H,10-11H2,(H2,18,20). The van der Waals surface area contributed by atoms with E-state index >= 15 is 0 Å². The number of para-hydroxylation sites is 2. The molecule has 1 fully saturated rings. The Morgan fingerprint density at radius 3 is 2.50 bits per heavy atom. The fourth-order valence-electron chi connectivity index (χ4n) is 2.55. The van der Waals surface area contributed by atoms with E-state index in [9.17, 15) is 9.59 Å². The number of rotatable bonds is 4. The van der Waals surface area contributed by atoms with Crippen LogP contribution in [0.15, 0.2) is 54.6 Å². The molecular formula is C17H16N2O3. The van der Waals surface area contributed by atoms with Gasteiger partial charge in [-0.15, -0.1) is 0 Å². The van der Waals surface area contributed by atoms with Gasteiger partial charge in [-0.25, -0.2) is 0 Å². The number of nitrogens with two attached hydrogens (primary N) is 1. The van der Waals surface area contributed by atoms with Crippen molar-refractivity contribution in [3.05, 3.63) is 60.2 Å². The number of carbonyl (C=O) groups is 2. The molecule has 0 spiro atoms. The highest BCUT2D eigenvalue weighted by molar-refractivity contribution is 5.99. The van der Waals surface area contributed by atoms with Gasteiger partial charge in [-0.1, -0.05) is 30.3 Å².